The highest BCUT2D eigenvalue weighted by atomic mass is 19.2. The molecule has 2 aliphatic carbocycles. The summed E-state index contributed by atoms with van der Waals surface area (Å²) in [5.41, 5.74) is -9.22. The molecule has 0 heterocycles. The zero-order valence-electron chi connectivity index (χ0n) is 34.9. The maximum atomic E-state index is 16.3. The Balaban J connectivity index is 0.000000430. The van der Waals surface area contributed by atoms with Crippen molar-refractivity contribution in [3.05, 3.63) is 93.1 Å². The second kappa shape index (κ2) is 18.8. The van der Waals surface area contributed by atoms with E-state index in [1.165, 1.54) is 64.2 Å². The van der Waals surface area contributed by atoms with Crippen LogP contribution in [0.2, 0.25) is 0 Å². The third-order valence-corrected chi connectivity index (χ3v) is 12.3. The van der Waals surface area contributed by atoms with Crippen molar-refractivity contribution < 1.29 is 94.5 Å². The Morgan fingerprint density at radius 1 is 0.312 bits per heavy atom. The molecule has 4 aromatic rings. The van der Waals surface area contributed by atoms with Gasteiger partial charge in [0, 0.05) is 25.7 Å². The SMILES string of the molecule is CC1([NH2+]C2(C)CCCCC2)CCCCC1.COc1c(F)c(F)c(F)c(F)c1[B-](c1c(F)c(F)c(F)c(F)c1OC)(c1c(F)c(F)c(F)c(F)c1OC)c1c(F)c(F)c(F)c(F)c1OC. The fourth-order valence-corrected chi connectivity index (χ4v) is 9.57. The van der Waals surface area contributed by atoms with E-state index in [4.69, 9.17) is 0 Å². The van der Waals surface area contributed by atoms with Crippen LogP contribution >= 0.6 is 0 Å². The fraction of sp³-hybridized carbons (Fsp3) is 0.429. The number of halogens is 16. The van der Waals surface area contributed by atoms with Gasteiger partial charge in [-0.15, -0.1) is 21.9 Å². The van der Waals surface area contributed by atoms with Crippen molar-refractivity contribution in [3.8, 4) is 23.0 Å². The molecular weight excluding hydrogens is 897 g/mol. The van der Waals surface area contributed by atoms with E-state index >= 15 is 52.7 Å². The quantitative estimate of drug-likeness (QED) is 0.0753. The average molecular weight is 938 g/mol. The predicted octanol–water partition coefficient (Wildman–Crippen LogP) is 8.32. The van der Waals surface area contributed by atoms with E-state index < -0.39 is 144 Å². The van der Waals surface area contributed by atoms with Gasteiger partial charge in [0.1, 0.15) is 52.4 Å². The molecule has 0 amide bonds. The number of ether oxygens (including phenoxy) is 4. The van der Waals surface area contributed by atoms with Crippen LogP contribution < -0.4 is 46.1 Å². The second-order valence-corrected chi connectivity index (χ2v) is 16.3. The molecule has 5 nitrogen and oxygen atoms in total. The van der Waals surface area contributed by atoms with E-state index in [9.17, 15) is 17.6 Å². The van der Waals surface area contributed by atoms with E-state index in [2.05, 4.69) is 38.1 Å². The molecule has 64 heavy (non-hydrogen) atoms. The van der Waals surface area contributed by atoms with Crippen LogP contribution in [0.25, 0.3) is 0 Å². The Kier molecular flexibility index (Phi) is 14.7. The van der Waals surface area contributed by atoms with Gasteiger partial charge in [0.2, 0.25) is 46.5 Å². The molecule has 352 valence electrons. The largest absolute Gasteiger partial charge is 0.497 e. The first-order valence-corrected chi connectivity index (χ1v) is 19.6. The Bertz CT molecular complexity index is 2150. The highest BCUT2D eigenvalue weighted by Gasteiger charge is 2.53. The number of methoxy groups -OCH3 is 4. The molecule has 2 fully saturated rings. The predicted molar refractivity (Wildman–Crippen MR) is 200 cm³/mol. The van der Waals surface area contributed by atoms with Crippen LogP contribution in [0.5, 0.6) is 23.0 Å². The van der Waals surface area contributed by atoms with Crippen molar-refractivity contribution >= 4 is 28.0 Å². The lowest BCUT2D eigenvalue weighted by atomic mass is 9.12. The Morgan fingerprint density at radius 2 is 0.500 bits per heavy atom. The minimum Gasteiger partial charge on any atom is -0.497 e. The summed E-state index contributed by atoms with van der Waals surface area (Å²) in [7, 11) is 0.880. The molecule has 2 saturated carbocycles. The van der Waals surface area contributed by atoms with Gasteiger partial charge in [-0.1, -0.05) is 12.8 Å². The van der Waals surface area contributed by atoms with Crippen molar-refractivity contribution in [2.45, 2.75) is 89.1 Å². The summed E-state index contributed by atoms with van der Waals surface area (Å²) in [6.45, 7) is 5.01. The summed E-state index contributed by atoms with van der Waals surface area (Å²) < 4.78 is 263. The molecule has 0 saturated heterocycles. The first-order chi connectivity index (χ1) is 30.0. The minimum atomic E-state index is -6.25. The monoisotopic (exact) mass is 937 g/mol. The van der Waals surface area contributed by atoms with Gasteiger partial charge in [0.15, 0.2) is 23.3 Å². The van der Waals surface area contributed by atoms with Crippen LogP contribution in [-0.4, -0.2) is 45.7 Å². The number of hydrogen-bond donors (Lipinski definition) is 1. The maximum Gasteiger partial charge on any atom is 0.201 e. The summed E-state index contributed by atoms with van der Waals surface area (Å²) in [5.74, 6) is -56.6. The molecule has 0 radical (unpaired) electrons. The van der Waals surface area contributed by atoms with E-state index in [0.29, 0.717) is 11.1 Å². The smallest absolute Gasteiger partial charge is 0.201 e. The van der Waals surface area contributed by atoms with Crippen LogP contribution in [0.3, 0.4) is 0 Å². The van der Waals surface area contributed by atoms with Crippen molar-refractivity contribution in [1.82, 2.24) is 0 Å². The third kappa shape index (κ3) is 8.05. The zero-order chi connectivity index (χ0) is 48.0. The molecule has 22 heteroatoms. The summed E-state index contributed by atoms with van der Waals surface area (Å²) >= 11 is 0. The Labute approximate surface area is 355 Å². The maximum absolute atomic E-state index is 16.3. The fourth-order valence-electron chi connectivity index (χ4n) is 9.57. The summed E-state index contributed by atoms with van der Waals surface area (Å²) in [5, 5.41) is 2.76. The van der Waals surface area contributed by atoms with Gasteiger partial charge in [-0.2, -0.15) is 17.6 Å². The summed E-state index contributed by atoms with van der Waals surface area (Å²) in [6.07, 6.45) is 8.33. The molecule has 0 aromatic heterocycles. The van der Waals surface area contributed by atoms with E-state index in [1.807, 2.05) is 0 Å². The van der Waals surface area contributed by atoms with Crippen molar-refractivity contribution in [2.75, 3.05) is 28.4 Å². The van der Waals surface area contributed by atoms with Crippen LogP contribution in [0.4, 0.5) is 70.2 Å². The summed E-state index contributed by atoms with van der Waals surface area (Å²) in [6, 6.07) is 0. The second-order valence-electron chi connectivity index (χ2n) is 16.3. The number of nitrogens with two attached hydrogens (primary N) is 1. The van der Waals surface area contributed by atoms with E-state index in [0.717, 1.165) is 0 Å². The van der Waals surface area contributed by atoms with Crippen LogP contribution in [-0.2, 0) is 0 Å². The lowest BCUT2D eigenvalue weighted by molar-refractivity contribution is -0.789. The zero-order valence-corrected chi connectivity index (χ0v) is 34.9. The minimum absolute atomic E-state index is 0.220. The lowest BCUT2D eigenvalue weighted by Crippen LogP contribution is -3.05. The van der Waals surface area contributed by atoms with Gasteiger partial charge < -0.3 is 24.3 Å². The first kappa shape index (κ1) is 50.0. The summed E-state index contributed by atoms with van der Waals surface area (Å²) in [4.78, 5) is 0. The normalized spacial score (nSPS) is 16.0. The number of rotatable bonds is 10. The van der Waals surface area contributed by atoms with Gasteiger partial charge in [0.05, 0.1) is 39.5 Å². The van der Waals surface area contributed by atoms with E-state index in [1.54, 1.807) is 0 Å². The van der Waals surface area contributed by atoms with Crippen LogP contribution in [0, 0.1) is 93.1 Å². The van der Waals surface area contributed by atoms with Crippen molar-refractivity contribution in [3.63, 3.8) is 0 Å². The highest BCUT2D eigenvalue weighted by molar-refractivity contribution is 7.21. The average Bonchev–Trinajstić information content (AvgIpc) is 3.27. The Hall–Kier alpha value is -5.02. The topological polar surface area (TPSA) is 53.5 Å². The molecule has 2 N–H and O–H groups in total. The molecular formula is C42H40BF16NO4. The molecule has 0 atom stereocenters. The number of benzene rings is 4. The first-order valence-electron chi connectivity index (χ1n) is 19.6. The molecule has 6 rings (SSSR count). The standard InChI is InChI=1S/C28H12BF16O4.C14H27N/c1-46-25-5(9(30)13(34)17(38)21(25)42)29(6-10(31)14(35)18(39)22(43)26(6)47-2,7-11(32)15(36)19(40)23(44)27(7)48-3)8-12(33)16(37)20(41)24(45)28(8)49-4;1-13(9-5-3-6-10-13)15-14(2)11-7-4-8-12-14/h1-4H3;15H,3-12H2,1-2H3/q-1;/p+1. The molecule has 2 aliphatic rings. The van der Waals surface area contributed by atoms with Crippen LogP contribution in [0.15, 0.2) is 0 Å². The highest BCUT2D eigenvalue weighted by Crippen LogP contribution is 2.38. The molecule has 0 spiro atoms. The van der Waals surface area contributed by atoms with Gasteiger partial charge in [-0.25, -0.2) is 52.7 Å². The molecule has 0 aliphatic heterocycles. The Morgan fingerprint density at radius 3 is 0.688 bits per heavy atom. The van der Waals surface area contributed by atoms with Gasteiger partial charge in [0.25, 0.3) is 0 Å². The third-order valence-electron chi connectivity index (χ3n) is 12.3. The molecule has 0 bridgehead atoms. The molecule has 0 unspecified atom stereocenters. The van der Waals surface area contributed by atoms with E-state index in [-0.39, 0.29) is 28.4 Å². The van der Waals surface area contributed by atoms with Crippen molar-refractivity contribution in [1.29, 1.82) is 0 Å². The van der Waals surface area contributed by atoms with Gasteiger partial charge in [-0.3, -0.25) is 0 Å². The number of hydrogen-bond acceptors (Lipinski definition) is 4. The number of quaternary nitrogens is 1. The van der Waals surface area contributed by atoms with Gasteiger partial charge >= 0.3 is 0 Å². The lowest BCUT2D eigenvalue weighted by Gasteiger charge is -2.46. The van der Waals surface area contributed by atoms with Crippen LogP contribution in [0.1, 0.15) is 78.1 Å². The molecule has 4 aromatic carbocycles. The van der Waals surface area contributed by atoms with Gasteiger partial charge in [-0.05, 0) is 39.5 Å². The van der Waals surface area contributed by atoms with Crippen molar-refractivity contribution in [2.24, 2.45) is 0 Å².